The maximum atomic E-state index is 14.2. The maximum absolute atomic E-state index is 14.2. The Balaban J connectivity index is 1.34. The van der Waals surface area contributed by atoms with Crippen molar-refractivity contribution >= 4 is 11.8 Å². The van der Waals surface area contributed by atoms with E-state index in [9.17, 15) is 18.0 Å². The number of benzene rings is 2. The number of methoxy groups -OCH3 is 2. The fourth-order valence-electron chi connectivity index (χ4n) is 6.83. The van der Waals surface area contributed by atoms with Crippen molar-refractivity contribution in [1.82, 2.24) is 10.3 Å². The maximum Gasteiger partial charge on any atom is 0.419 e. The van der Waals surface area contributed by atoms with Crippen molar-refractivity contribution in [1.29, 1.82) is 0 Å². The van der Waals surface area contributed by atoms with Gasteiger partial charge in [0.1, 0.15) is 18.2 Å². The lowest BCUT2D eigenvalue weighted by Gasteiger charge is -2.31. The number of pyridine rings is 1. The third-order valence-corrected chi connectivity index (χ3v) is 8.94. The Morgan fingerprint density at radius 3 is 2.74 bits per heavy atom. The molecule has 42 heavy (non-hydrogen) atoms. The lowest BCUT2D eigenvalue weighted by Crippen LogP contribution is -2.44. The van der Waals surface area contributed by atoms with Gasteiger partial charge in [0.15, 0.2) is 0 Å². The van der Waals surface area contributed by atoms with Crippen LogP contribution >= 0.6 is 0 Å². The van der Waals surface area contributed by atoms with Crippen LogP contribution in [0.25, 0.3) is 11.3 Å². The van der Waals surface area contributed by atoms with E-state index in [2.05, 4.69) is 5.32 Å². The van der Waals surface area contributed by atoms with E-state index < -0.39 is 17.2 Å². The van der Waals surface area contributed by atoms with Crippen LogP contribution in [0.15, 0.2) is 48.5 Å². The first-order valence-corrected chi connectivity index (χ1v) is 14.1. The first-order valence-electron chi connectivity index (χ1n) is 14.1. The predicted octanol–water partition coefficient (Wildman–Crippen LogP) is 5.31. The second kappa shape index (κ2) is 10.9. The highest BCUT2D eigenvalue weighted by Crippen LogP contribution is 2.62. The Morgan fingerprint density at radius 2 is 1.98 bits per heavy atom. The molecule has 0 amide bonds. The van der Waals surface area contributed by atoms with Crippen LogP contribution in [0.1, 0.15) is 34.2 Å². The predicted molar refractivity (Wildman–Crippen MR) is 151 cm³/mol. The van der Waals surface area contributed by atoms with Crippen LogP contribution in [0.5, 0.6) is 5.75 Å². The van der Waals surface area contributed by atoms with Gasteiger partial charge in [0.25, 0.3) is 0 Å². The van der Waals surface area contributed by atoms with Crippen LogP contribution in [-0.4, -0.2) is 50.9 Å². The smallest absolute Gasteiger partial charge is 0.419 e. The van der Waals surface area contributed by atoms with Crippen molar-refractivity contribution in [2.24, 2.45) is 11.3 Å². The van der Waals surface area contributed by atoms with Crippen LogP contribution in [0.4, 0.5) is 19.0 Å². The highest BCUT2D eigenvalue weighted by molar-refractivity contribution is 5.84. The zero-order chi connectivity index (χ0) is 29.6. The van der Waals surface area contributed by atoms with Crippen LogP contribution in [0.3, 0.4) is 0 Å². The number of hydrogen-bond donors (Lipinski definition) is 1. The highest BCUT2D eigenvalue weighted by atomic mass is 19.4. The number of aryl methyl sites for hydroxylation is 1. The highest BCUT2D eigenvalue weighted by Gasteiger charge is 2.71. The summed E-state index contributed by atoms with van der Waals surface area (Å²) in [6, 6.07) is 13.0. The molecular formula is C32H34F3N3O4. The molecular weight excluding hydrogens is 547 g/mol. The summed E-state index contributed by atoms with van der Waals surface area (Å²) >= 11 is 0. The van der Waals surface area contributed by atoms with Gasteiger partial charge < -0.3 is 24.4 Å². The molecule has 1 aromatic heterocycles. The number of hydrogen-bond acceptors (Lipinski definition) is 7. The number of carbonyl (C=O) groups excluding carboxylic acids is 1. The number of halogens is 3. The number of nitrogens with zero attached hydrogens (tertiary/aromatic N) is 2. The van der Waals surface area contributed by atoms with Crippen molar-refractivity contribution in [3.05, 3.63) is 76.3 Å². The molecule has 1 saturated heterocycles. The molecule has 1 aliphatic carbocycles. The SMILES string of the molecule is COC[C@H]1N(c2cccc(-c3cccc(C(F)(F)F)c3OCc3cc(C)c4c(c3)CCNC4)n2)C[C@@H]2C[C@@]21C(=O)OC. The van der Waals surface area contributed by atoms with Gasteiger partial charge in [0.2, 0.25) is 0 Å². The van der Waals surface area contributed by atoms with Crippen molar-refractivity contribution in [2.45, 2.75) is 45.1 Å². The van der Waals surface area contributed by atoms with Crippen molar-refractivity contribution in [2.75, 3.05) is 38.8 Å². The summed E-state index contributed by atoms with van der Waals surface area (Å²) in [5.74, 6) is 0.150. The second-order valence-electron chi connectivity index (χ2n) is 11.4. The topological polar surface area (TPSA) is 72.9 Å². The number of ether oxygens (including phenoxy) is 3. The van der Waals surface area contributed by atoms with Gasteiger partial charge in [-0.3, -0.25) is 4.79 Å². The molecule has 2 fully saturated rings. The van der Waals surface area contributed by atoms with E-state index >= 15 is 0 Å². The van der Waals surface area contributed by atoms with E-state index in [1.54, 1.807) is 31.4 Å². The van der Waals surface area contributed by atoms with Crippen LogP contribution in [0, 0.1) is 18.3 Å². The molecule has 0 spiro atoms. The van der Waals surface area contributed by atoms with E-state index in [1.165, 1.54) is 24.3 Å². The molecule has 2 aliphatic heterocycles. The van der Waals surface area contributed by atoms with Gasteiger partial charge in [-0.25, -0.2) is 4.98 Å². The number of alkyl halides is 3. The fraction of sp³-hybridized carbons (Fsp3) is 0.438. The summed E-state index contributed by atoms with van der Waals surface area (Å²) in [5, 5.41) is 3.36. The largest absolute Gasteiger partial charge is 0.488 e. The number of rotatable bonds is 8. The molecule has 10 heteroatoms. The van der Waals surface area contributed by atoms with Crippen molar-refractivity contribution in [3.8, 4) is 17.0 Å². The molecule has 0 radical (unpaired) electrons. The van der Waals surface area contributed by atoms with E-state index in [-0.39, 0.29) is 35.8 Å². The third-order valence-electron chi connectivity index (χ3n) is 8.94. The number of aromatic nitrogens is 1. The summed E-state index contributed by atoms with van der Waals surface area (Å²) in [5.41, 5.74) is 3.45. The minimum Gasteiger partial charge on any atom is -0.488 e. The van der Waals surface area contributed by atoms with E-state index in [0.29, 0.717) is 31.1 Å². The minimum atomic E-state index is -4.62. The van der Waals surface area contributed by atoms with Gasteiger partial charge in [-0.05, 0) is 78.7 Å². The van der Waals surface area contributed by atoms with Crippen LogP contribution in [-0.2, 0) is 40.0 Å². The van der Waals surface area contributed by atoms with Gasteiger partial charge in [-0.15, -0.1) is 0 Å². The summed E-state index contributed by atoms with van der Waals surface area (Å²) in [6.45, 7) is 4.54. The van der Waals surface area contributed by atoms with Crippen LogP contribution in [0.2, 0.25) is 0 Å². The van der Waals surface area contributed by atoms with Gasteiger partial charge in [-0.1, -0.05) is 24.3 Å². The van der Waals surface area contributed by atoms with Crippen LogP contribution < -0.4 is 15.0 Å². The molecule has 222 valence electrons. The molecule has 6 rings (SSSR count). The molecule has 1 N–H and O–H groups in total. The van der Waals surface area contributed by atoms with Gasteiger partial charge in [-0.2, -0.15) is 13.2 Å². The molecule has 3 atom stereocenters. The molecule has 3 heterocycles. The molecule has 2 aromatic carbocycles. The molecule has 3 aliphatic rings. The normalized spacial score (nSPS) is 22.9. The third kappa shape index (κ3) is 4.90. The Morgan fingerprint density at radius 1 is 1.17 bits per heavy atom. The zero-order valence-electron chi connectivity index (χ0n) is 23.9. The average Bonchev–Trinajstić information content (AvgIpc) is 3.63. The first kappa shape index (κ1) is 28.5. The molecule has 1 saturated carbocycles. The Hall–Kier alpha value is -3.63. The van der Waals surface area contributed by atoms with Crippen molar-refractivity contribution in [3.63, 3.8) is 0 Å². The first-order chi connectivity index (χ1) is 20.2. The lowest BCUT2D eigenvalue weighted by molar-refractivity contribution is -0.148. The van der Waals surface area contributed by atoms with E-state index in [0.717, 1.165) is 36.7 Å². The Labute approximate surface area is 243 Å². The summed E-state index contributed by atoms with van der Waals surface area (Å²) in [7, 11) is 2.96. The quantitative estimate of drug-likeness (QED) is 0.362. The summed E-state index contributed by atoms with van der Waals surface area (Å²) in [4.78, 5) is 19.6. The molecule has 3 aromatic rings. The average molecular weight is 582 g/mol. The molecule has 0 unspecified atom stereocenters. The number of fused-ring (bicyclic) bond motifs is 2. The number of para-hydroxylation sites is 1. The number of anilines is 1. The monoisotopic (exact) mass is 581 g/mol. The van der Waals surface area contributed by atoms with Gasteiger partial charge in [0, 0.05) is 25.8 Å². The standard InChI is InChI=1S/C32H34F3N3O4/c1-19-12-20(13-21-10-11-36-15-24(19)21)17-42-29-23(6-4-7-25(29)32(33,34)35)26-8-5-9-28(37-26)38-16-22-14-31(22,30(39)41-3)27(38)18-40-2/h4-9,12-13,22,27,36H,10-11,14-18H2,1-3H3/t22-,27+,31+/m0/s1. The lowest BCUT2D eigenvalue weighted by atomic mass is 9.94. The minimum absolute atomic E-state index is 0.00724. The Kier molecular flexibility index (Phi) is 7.39. The van der Waals surface area contributed by atoms with Gasteiger partial charge in [0.05, 0.1) is 36.4 Å². The number of esters is 1. The summed E-state index contributed by atoms with van der Waals surface area (Å²) < 4.78 is 59.4. The number of carbonyl (C=O) groups is 1. The Bertz CT molecular complexity index is 1510. The van der Waals surface area contributed by atoms with Gasteiger partial charge >= 0.3 is 12.1 Å². The fourth-order valence-corrected chi connectivity index (χ4v) is 6.83. The summed E-state index contributed by atoms with van der Waals surface area (Å²) in [6.07, 6.45) is -3.04. The number of nitrogens with one attached hydrogen (secondary N) is 1. The van der Waals surface area contributed by atoms with E-state index in [1.807, 2.05) is 24.0 Å². The second-order valence-corrected chi connectivity index (χ2v) is 11.4. The molecule has 7 nitrogen and oxygen atoms in total. The number of piperidine rings is 1. The van der Waals surface area contributed by atoms with E-state index in [4.69, 9.17) is 19.2 Å². The van der Waals surface area contributed by atoms with Crippen molar-refractivity contribution < 1.29 is 32.2 Å². The molecule has 0 bridgehead atoms. The zero-order valence-corrected chi connectivity index (χ0v) is 23.9.